The van der Waals surface area contributed by atoms with Gasteiger partial charge in [0.1, 0.15) is 0 Å². The second kappa shape index (κ2) is 6.62. The van der Waals surface area contributed by atoms with Crippen LogP contribution in [0.25, 0.3) is 0 Å². The van der Waals surface area contributed by atoms with Gasteiger partial charge < -0.3 is 9.88 Å². The predicted molar refractivity (Wildman–Crippen MR) is 77.0 cm³/mol. The molecule has 0 radical (unpaired) electrons. The molecule has 0 saturated heterocycles. The molecule has 96 valence electrons. The van der Waals surface area contributed by atoms with Crippen molar-refractivity contribution in [3.8, 4) is 0 Å². The number of nitrogens with zero attached hydrogens (tertiary/aromatic N) is 1. The Morgan fingerprint density at radius 3 is 2.83 bits per heavy atom. The highest BCUT2D eigenvalue weighted by Gasteiger charge is 2.01. The van der Waals surface area contributed by atoms with Gasteiger partial charge in [-0.2, -0.15) is 0 Å². The van der Waals surface area contributed by atoms with Crippen molar-refractivity contribution in [2.45, 2.75) is 26.4 Å². The molecule has 0 aliphatic carbocycles. The van der Waals surface area contributed by atoms with Gasteiger partial charge in [0.15, 0.2) is 0 Å². The number of hydrogen-bond donors (Lipinski definition) is 1. The molecule has 0 atom stereocenters. The van der Waals surface area contributed by atoms with Crippen LogP contribution in [0.15, 0.2) is 42.7 Å². The SMILES string of the molecule is CCCNCc1ccn(Cc2ccccc2Cl)c1. The topological polar surface area (TPSA) is 17.0 Å². The van der Waals surface area contributed by atoms with Gasteiger partial charge in [0.25, 0.3) is 0 Å². The number of halogens is 1. The lowest BCUT2D eigenvalue weighted by Crippen LogP contribution is -2.13. The molecule has 0 aliphatic heterocycles. The van der Waals surface area contributed by atoms with Crippen LogP contribution in [0.5, 0.6) is 0 Å². The van der Waals surface area contributed by atoms with Gasteiger partial charge in [0.05, 0.1) is 0 Å². The molecule has 1 heterocycles. The molecule has 1 N–H and O–H groups in total. The van der Waals surface area contributed by atoms with Crippen molar-refractivity contribution in [3.05, 3.63) is 58.9 Å². The molecule has 2 rings (SSSR count). The molecule has 0 spiro atoms. The van der Waals surface area contributed by atoms with Gasteiger partial charge in [-0.15, -0.1) is 0 Å². The number of benzene rings is 1. The van der Waals surface area contributed by atoms with Crippen LogP contribution in [0.3, 0.4) is 0 Å². The molecule has 1 aromatic heterocycles. The van der Waals surface area contributed by atoms with Gasteiger partial charge in [0, 0.05) is 30.5 Å². The summed E-state index contributed by atoms with van der Waals surface area (Å²) in [6.07, 6.45) is 5.44. The van der Waals surface area contributed by atoms with Crippen molar-refractivity contribution in [1.29, 1.82) is 0 Å². The lowest BCUT2D eigenvalue weighted by molar-refractivity contribution is 0.673. The molecule has 3 heteroatoms. The van der Waals surface area contributed by atoms with Gasteiger partial charge in [0.2, 0.25) is 0 Å². The zero-order valence-corrected chi connectivity index (χ0v) is 11.5. The normalized spacial score (nSPS) is 10.8. The predicted octanol–water partition coefficient (Wildman–Crippen LogP) is 3.69. The van der Waals surface area contributed by atoms with E-state index in [0.717, 1.165) is 30.2 Å². The minimum Gasteiger partial charge on any atom is -0.350 e. The fraction of sp³-hybridized carbons (Fsp3) is 0.333. The van der Waals surface area contributed by atoms with E-state index in [-0.39, 0.29) is 0 Å². The highest BCUT2D eigenvalue weighted by atomic mass is 35.5. The fourth-order valence-electron chi connectivity index (χ4n) is 1.93. The zero-order valence-electron chi connectivity index (χ0n) is 10.7. The van der Waals surface area contributed by atoms with Crippen LogP contribution < -0.4 is 5.32 Å². The minimum atomic E-state index is 0.827. The summed E-state index contributed by atoms with van der Waals surface area (Å²) in [4.78, 5) is 0. The molecule has 0 bridgehead atoms. The second-order valence-corrected chi connectivity index (χ2v) is 4.87. The van der Waals surface area contributed by atoms with E-state index in [2.05, 4.69) is 41.3 Å². The minimum absolute atomic E-state index is 0.827. The fourth-order valence-corrected chi connectivity index (χ4v) is 2.12. The first-order valence-corrected chi connectivity index (χ1v) is 6.76. The van der Waals surface area contributed by atoms with E-state index in [0.29, 0.717) is 0 Å². The Morgan fingerprint density at radius 1 is 1.22 bits per heavy atom. The van der Waals surface area contributed by atoms with E-state index in [1.807, 2.05) is 18.2 Å². The smallest absolute Gasteiger partial charge is 0.0485 e. The first kappa shape index (κ1) is 13.2. The number of aromatic nitrogens is 1. The van der Waals surface area contributed by atoms with Crippen LogP contribution in [-0.2, 0) is 13.1 Å². The number of hydrogen-bond acceptors (Lipinski definition) is 1. The molecular formula is C15H19ClN2. The third-order valence-electron chi connectivity index (χ3n) is 2.88. The van der Waals surface area contributed by atoms with Crippen molar-refractivity contribution < 1.29 is 0 Å². The Hall–Kier alpha value is -1.25. The average Bonchev–Trinajstić information content (AvgIpc) is 2.80. The van der Waals surface area contributed by atoms with Crippen LogP contribution in [0.2, 0.25) is 5.02 Å². The number of nitrogens with one attached hydrogen (secondary N) is 1. The lowest BCUT2D eigenvalue weighted by Gasteiger charge is -2.05. The summed E-state index contributed by atoms with van der Waals surface area (Å²) in [5, 5.41) is 4.23. The van der Waals surface area contributed by atoms with E-state index >= 15 is 0 Å². The van der Waals surface area contributed by atoms with E-state index in [1.165, 1.54) is 12.0 Å². The van der Waals surface area contributed by atoms with Crippen LogP contribution in [-0.4, -0.2) is 11.1 Å². The van der Waals surface area contributed by atoms with Crippen molar-refractivity contribution in [1.82, 2.24) is 9.88 Å². The molecule has 1 aromatic carbocycles. The third-order valence-corrected chi connectivity index (χ3v) is 3.25. The van der Waals surface area contributed by atoms with Gasteiger partial charge in [-0.05, 0) is 36.2 Å². The van der Waals surface area contributed by atoms with Crippen molar-refractivity contribution in [2.75, 3.05) is 6.54 Å². The van der Waals surface area contributed by atoms with E-state index in [1.54, 1.807) is 0 Å². The second-order valence-electron chi connectivity index (χ2n) is 4.46. The molecule has 0 unspecified atom stereocenters. The Balaban J connectivity index is 1.96. The lowest BCUT2D eigenvalue weighted by atomic mass is 10.2. The first-order valence-electron chi connectivity index (χ1n) is 6.38. The van der Waals surface area contributed by atoms with Crippen LogP contribution in [0.4, 0.5) is 0 Å². The Bertz CT molecular complexity index is 491. The average molecular weight is 263 g/mol. The van der Waals surface area contributed by atoms with E-state index in [9.17, 15) is 0 Å². The zero-order chi connectivity index (χ0) is 12.8. The van der Waals surface area contributed by atoms with E-state index in [4.69, 9.17) is 11.6 Å². The van der Waals surface area contributed by atoms with Gasteiger partial charge in [-0.25, -0.2) is 0 Å². The maximum atomic E-state index is 6.16. The molecule has 2 aromatic rings. The van der Waals surface area contributed by atoms with Crippen LogP contribution >= 0.6 is 11.6 Å². The Morgan fingerprint density at radius 2 is 2.06 bits per heavy atom. The van der Waals surface area contributed by atoms with Gasteiger partial charge in [-0.3, -0.25) is 0 Å². The molecule has 0 fully saturated rings. The maximum absolute atomic E-state index is 6.16. The Kier molecular flexibility index (Phi) is 4.85. The maximum Gasteiger partial charge on any atom is 0.0485 e. The van der Waals surface area contributed by atoms with Crippen LogP contribution in [0, 0.1) is 0 Å². The summed E-state index contributed by atoms with van der Waals surface area (Å²) >= 11 is 6.16. The standard InChI is InChI=1S/C15H19ClN2/c1-2-8-17-10-13-7-9-18(11-13)12-14-5-3-4-6-15(14)16/h3-7,9,11,17H,2,8,10,12H2,1H3. The van der Waals surface area contributed by atoms with Crippen molar-refractivity contribution in [3.63, 3.8) is 0 Å². The monoisotopic (exact) mass is 262 g/mol. The Labute approximate surface area is 114 Å². The molecule has 0 amide bonds. The highest BCUT2D eigenvalue weighted by molar-refractivity contribution is 6.31. The molecule has 18 heavy (non-hydrogen) atoms. The summed E-state index contributed by atoms with van der Waals surface area (Å²) in [5.74, 6) is 0. The molecule has 0 aliphatic rings. The highest BCUT2D eigenvalue weighted by Crippen LogP contribution is 2.16. The third kappa shape index (κ3) is 3.62. The molecule has 0 saturated carbocycles. The van der Waals surface area contributed by atoms with Gasteiger partial charge in [-0.1, -0.05) is 36.7 Å². The van der Waals surface area contributed by atoms with Gasteiger partial charge >= 0.3 is 0 Å². The first-order chi connectivity index (χ1) is 8.79. The van der Waals surface area contributed by atoms with E-state index < -0.39 is 0 Å². The van der Waals surface area contributed by atoms with Crippen molar-refractivity contribution >= 4 is 11.6 Å². The summed E-state index contributed by atoms with van der Waals surface area (Å²) in [5.41, 5.74) is 2.47. The summed E-state index contributed by atoms with van der Waals surface area (Å²) < 4.78 is 2.17. The molecular weight excluding hydrogens is 244 g/mol. The van der Waals surface area contributed by atoms with Crippen molar-refractivity contribution in [2.24, 2.45) is 0 Å². The largest absolute Gasteiger partial charge is 0.350 e. The summed E-state index contributed by atoms with van der Waals surface area (Å²) in [6.45, 7) is 5.00. The summed E-state index contributed by atoms with van der Waals surface area (Å²) in [7, 11) is 0. The molecule has 2 nitrogen and oxygen atoms in total. The number of rotatable bonds is 6. The summed E-state index contributed by atoms with van der Waals surface area (Å²) in [6, 6.07) is 10.1. The quantitative estimate of drug-likeness (QED) is 0.786. The van der Waals surface area contributed by atoms with Crippen LogP contribution in [0.1, 0.15) is 24.5 Å².